The lowest BCUT2D eigenvalue weighted by Gasteiger charge is -2.27. The molecule has 1 amide bonds. The van der Waals surface area contributed by atoms with Crippen molar-refractivity contribution in [3.63, 3.8) is 0 Å². The van der Waals surface area contributed by atoms with Gasteiger partial charge in [0, 0.05) is 31.1 Å². The van der Waals surface area contributed by atoms with Gasteiger partial charge in [0.15, 0.2) is 5.82 Å². The SMILES string of the molecule is O=C(c1c(F)cccc1F)N1CCc2c(cnn2-c2ccc(F)cc2F)C1. The molecular formula is C19H13F4N3O. The molecule has 0 atom stereocenters. The number of hydrogen-bond donors (Lipinski definition) is 0. The molecule has 0 spiro atoms. The van der Waals surface area contributed by atoms with E-state index in [1.165, 1.54) is 27.9 Å². The quantitative estimate of drug-likeness (QED) is 0.642. The van der Waals surface area contributed by atoms with Crippen LogP contribution in [0.4, 0.5) is 17.6 Å². The van der Waals surface area contributed by atoms with Crippen molar-refractivity contribution in [1.29, 1.82) is 0 Å². The van der Waals surface area contributed by atoms with Crippen molar-refractivity contribution in [2.45, 2.75) is 13.0 Å². The summed E-state index contributed by atoms with van der Waals surface area (Å²) >= 11 is 0. The summed E-state index contributed by atoms with van der Waals surface area (Å²) in [5.74, 6) is -4.05. The van der Waals surface area contributed by atoms with E-state index in [9.17, 15) is 22.4 Å². The lowest BCUT2D eigenvalue weighted by molar-refractivity contribution is 0.0724. The fourth-order valence-corrected chi connectivity index (χ4v) is 3.23. The smallest absolute Gasteiger partial charge is 0.260 e. The molecule has 0 unspecified atom stereocenters. The van der Waals surface area contributed by atoms with Crippen molar-refractivity contribution in [1.82, 2.24) is 14.7 Å². The maximum Gasteiger partial charge on any atom is 0.260 e. The molecule has 2 heterocycles. The van der Waals surface area contributed by atoms with Crippen LogP contribution < -0.4 is 0 Å². The van der Waals surface area contributed by atoms with Crippen LogP contribution in [0.1, 0.15) is 21.6 Å². The van der Waals surface area contributed by atoms with Crippen LogP contribution in [-0.4, -0.2) is 27.1 Å². The fraction of sp³-hybridized carbons (Fsp3) is 0.158. The van der Waals surface area contributed by atoms with Gasteiger partial charge in [-0.25, -0.2) is 22.2 Å². The molecular weight excluding hydrogens is 362 g/mol. The summed E-state index contributed by atoms with van der Waals surface area (Å²) in [6, 6.07) is 6.43. The lowest BCUT2D eigenvalue weighted by Crippen LogP contribution is -2.37. The molecule has 138 valence electrons. The Morgan fingerprint density at radius 3 is 2.44 bits per heavy atom. The highest BCUT2D eigenvalue weighted by Gasteiger charge is 2.28. The number of carbonyl (C=O) groups is 1. The summed E-state index contributed by atoms with van der Waals surface area (Å²) in [6.07, 6.45) is 1.78. The van der Waals surface area contributed by atoms with Crippen molar-refractivity contribution < 1.29 is 22.4 Å². The van der Waals surface area contributed by atoms with E-state index in [1.54, 1.807) is 0 Å². The molecule has 0 aliphatic carbocycles. The van der Waals surface area contributed by atoms with Crippen LogP contribution in [0.25, 0.3) is 5.69 Å². The van der Waals surface area contributed by atoms with Gasteiger partial charge in [-0.3, -0.25) is 4.79 Å². The third kappa shape index (κ3) is 2.97. The molecule has 0 saturated heterocycles. The van der Waals surface area contributed by atoms with Gasteiger partial charge < -0.3 is 4.90 Å². The van der Waals surface area contributed by atoms with Crippen molar-refractivity contribution in [3.8, 4) is 5.69 Å². The zero-order chi connectivity index (χ0) is 19.1. The number of carbonyl (C=O) groups excluding carboxylic acids is 1. The van der Waals surface area contributed by atoms with E-state index >= 15 is 0 Å². The molecule has 4 nitrogen and oxygen atoms in total. The zero-order valence-corrected chi connectivity index (χ0v) is 13.9. The molecule has 0 fully saturated rings. The Labute approximate surface area is 151 Å². The number of amides is 1. The highest BCUT2D eigenvalue weighted by atomic mass is 19.1. The molecule has 1 aliphatic rings. The minimum atomic E-state index is -0.921. The van der Waals surface area contributed by atoms with Gasteiger partial charge in [-0.05, 0) is 24.3 Å². The Morgan fingerprint density at radius 1 is 1.00 bits per heavy atom. The first-order valence-electron chi connectivity index (χ1n) is 8.20. The summed E-state index contributed by atoms with van der Waals surface area (Å²) in [5.41, 5.74) is 0.795. The summed E-state index contributed by atoms with van der Waals surface area (Å²) in [7, 11) is 0. The lowest BCUT2D eigenvalue weighted by atomic mass is 10.1. The Kier molecular flexibility index (Phi) is 4.18. The zero-order valence-electron chi connectivity index (χ0n) is 13.9. The van der Waals surface area contributed by atoms with Gasteiger partial charge in [-0.2, -0.15) is 5.10 Å². The molecule has 0 saturated carbocycles. The molecule has 2 aromatic carbocycles. The second-order valence-corrected chi connectivity index (χ2v) is 6.20. The Balaban J connectivity index is 1.64. The normalized spacial score (nSPS) is 13.6. The number of benzene rings is 2. The molecule has 4 rings (SSSR count). The summed E-state index contributed by atoms with van der Waals surface area (Å²) in [5, 5.41) is 4.13. The van der Waals surface area contributed by atoms with E-state index < -0.39 is 34.7 Å². The van der Waals surface area contributed by atoms with Crippen LogP contribution >= 0.6 is 0 Å². The minimum absolute atomic E-state index is 0.0881. The van der Waals surface area contributed by atoms with Crippen LogP contribution in [0.5, 0.6) is 0 Å². The third-order valence-corrected chi connectivity index (χ3v) is 4.54. The van der Waals surface area contributed by atoms with Crippen molar-refractivity contribution in [3.05, 3.63) is 82.7 Å². The minimum Gasteiger partial charge on any atom is -0.334 e. The van der Waals surface area contributed by atoms with Crippen LogP contribution in [0.2, 0.25) is 0 Å². The van der Waals surface area contributed by atoms with Crippen LogP contribution in [0.15, 0.2) is 42.6 Å². The predicted octanol–water partition coefficient (Wildman–Crippen LogP) is 3.63. The van der Waals surface area contributed by atoms with Gasteiger partial charge >= 0.3 is 0 Å². The van der Waals surface area contributed by atoms with Crippen molar-refractivity contribution in [2.75, 3.05) is 6.54 Å². The first-order valence-corrected chi connectivity index (χ1v) is 8.20. The predicted molar refractivity (Wildman–Crippen MR) is 88.3 cm³/mol. The van der Waals surface area contributed by atoms with Gasteiger partial charge in [-0.1, -0.05) is 6.07 Å². The third-order valence-electron chi connectivity index (χ3n) is 4.54. The first kappa shape index (κ1) is 17.3. The standard InChI is InChI=1S/C19H13F4N3O/c20-12-4-5-17(15(23)8-12)26-16-6-7-25(10-11(16)9-24-26)19(27)18-13(21)2-1-3-14(18)22/h1-5,8-9H,6-7,10H2. The highest BCUT2D eigenvalue weighted by Crippen LogP contribution is 2.25. The second kappa shape index (κ2) is 6.53. The summed E-state index contributed by atoms with van der Waals surface area (Å²) in [6.45, 7) is 0.277. The number of fused-ring (bicyclic) bond motifs is 1. The fourth-order valence-electron chi connectivity index (χ4n) is 3.23. The maximum atomic E-state index is 14.1. The number of halogens is 4. The Bertz CT molecular complexity index is 1030. The van der Waals surface area contributed by atoms with Gasteiger partial charge in [0.1, 0.15) is 28.7 Å². The number of aromatic nitrogens is 2. The van der Waals surface area contributed by atoms with Crippen LogP contribution in [0.3, 0.4) is 0 Å². The number of hydrogen-bond acceptors (Lipinski definition) is 2. The molecule has 8 heteroatoms. The Hall–Kier alpha value is -3.16. The van der Waals surface area contributed by atoms with E-state index in [2.05, 4.69) is 5.10 Å². The second-order valence-electron chi connectivity index (χ2n) is 6.20. The first-order chi connectivity index (χ1) is 13.0. The summed E-state index contributed by atoms with van der Waals surface area (Å²) < 4.78 is 56.3. The van der Waals surface area contributed by atoms with E-state index in [4.69, 9.17) is 0 Å². The molecule has 1 aliphatic heterocycles. The van der Waals surface area contributed by atoms with E-state index in [1.807, 2.05) is 0 Å². The molecule has 0 bridgehead atoms. The van der Waals surface area contributed by atoms with Gasteiger partial charge in [0.25, 0.3) is 5.91 Å². The number of nitrogens with zero attached hydrogens (tertiary/aromatic N) is 3. The topological polar surface area (TPSA) is 38.1 Å². The molecule has 3 aromatic rings. The van der Waals surface area contributed by atoms with Gasteiger partial charge in [0.05, 0.1) is 11.9 Å². The monoisotopic (exact) mass is 375 g/mol. The number of rotatable bonds is 2. The van der Waals surface area contributed by atoms with E-state index in [0.717, 1.165) is 24.3 Å². The highest BCUT2D eigenvalue weighted by molar-refractivity contribution is 5.94. The molecule has 0 N–H and O–H groups in total. The Morgan fingerprint density at radius 2 is 1.74 bits per heavy atom. The summed E-state index contributed by atoms with van der Waals surface area (Å²) in [4.78, 5) is 13.9. The largest absolute Gasteiger partial charge is 0.334 e. The molecule has 1 aromatic heterocycles. The van der Waals surface area contributed by atoms with Crippen molar-refractivity contribution in [2.24, 2.45) is 0 Å². The van der Waals surface area contributed by atoms with E-state index in [0.29, 0.717) is 17.7 Å². The van der Waals surface area contributed by atoms with E-state index in [-0.39, 0.29) is 18.8 Å². The molecule has 27 heavy (non-hydrogen) atoms. The maximum absolute atomic E-state index is 14.1. The average Bonchev–Trinajstić information content (AvgIpc) is 3.04. The van der Waals surface area contributed by atoms with Crippen LogP contribution in [-0.2, 0) is 13.0 Å². The average molecular weight is 375 g/mol. The van der Waals surface area contributed by atoms with Crippen LogP contribution in [0, 0.1) is 23.3 Å². The van der Waals surface area contributed by atoms with Gasteiger partial charge in [-0.15, -0.1) is 0 Å². The van der Waals surface area contributed by atoms with Gasteiger partial charge in [0.2, 0.25) is 0 Å². The molecule has 0 radical (unpaired) electrons. The van der Waals surface area contributed by atoms with Crippen molar-refractivity contribution >= 4 is 5.91 Å².